The van der Waals surface area contributed by atoms with Crippen LogP contribution in [0, 0.1) is 5.92 Å². The lowest BCUT2D eigenvalue weighted by atomic mass is 9.97. The average Bonchev–Trinajstić information content (AvgIpc) is 3.09. The third-order valence-electron chi connectivity index (χ3n) is 4.92. The summed E-state index contributed by atoms with van der Waals surface area (Å²) in [5.74, 6) is 2.41. The number of piperidine rings is 1. The highest BCUT2D eigenvalue weighted by atomic mass is 16.6. The molecule has 0 aliphatic carbocycles. The minimum Gasteiger partial charge on any atom is -0.497 e. The van der Waals surface area contributed by atoms with Crippen LogP contribution in [-0.4, -0.2) is 50.1 Å². The van der Waals surface area contributed by atoms with Crippen LogP contribution in [0.3, 0.4) is 0 Å². The van der Waals surface area contributed by atoms with E-state index in [1.54, 1.807) is 7.11 Å². The van der Waals surface area contributed by atoms with E-state index in [4.69, 9.17) is 14.3 Å². The first-order chi connectivity index (χ1) is 11.8. The van der Waals surface area contributed by atoms with Crippen LogP contribution in [-0.2, 0) is 4.84 Å². The Kier molecular flexibility index (Phi) is 5.96. The number of methoxy groups -OCH3 is 1. The number of ether oxygens (including phenoxy) is 2. The van der Waals surface area contributed by atoms with E-state index in [9.17, 15) is 0 Å². The van der Waals surface area contributed by atoms with E-state index >= 15 is 0 Å². The Hall–Kier alpha value is -1.75. The van der Waals surface area contributed by atoms with Crippen molar-refractivity contribution in [3.8, 4) is 11.5 Å². The lowest BCUT2D eigenvalue weighted by Gasteiger charge is -2.32. The molecule has 0 aromatic heterocycles. The number of benzene rings is 1. The van der Waals surface area contributed by atoms with Gasteiger partial charge in [0.2, 0.25) is 0 Å². The van der Waals surface area contributed by atoms with Crippen molar-refractivity contribution in [3.05, 3.63) is 24.3 Å². The largest absolute Gasteiger partial charge is 0.497 e. The van der Waals surface area contributed by atoms with E-state index in [1.165, 1.54) is 18.6 Å². The van der Waals surface area contributed by atoms with Crippen molar-refractivity contribution in [2.24, 2.45) is 11.1 Å². The van der Waals surface area contributed by atoms with Gasteiger partial charge < -0.3 is 14.3 Å². The van der Waals surface area contributed by atoms with Gasteiger partial charge in [0, 0.05) is 13.0 Å². The molecular formula is C19H28N2O3. The number of hydrogen-bond acceptors (Lipinski definition) is 5. The molecule has 0 bridgehead atoms. The molecule has 1 atom stereocenters. The quantitative estimate of drug-likeness (QED) is 0.768. The van der Waals surface area contributed by atoms with Gasteiger partial charge in [-0.15, -0.1) is 0 Å². The topological polar surface area (TPSA) is 43.3 Å². The molecule has 0 radical (unpaired) electrons. The van der Waals surface area contributed by atoms with E-state index < -0.39 is 0 Å². The van der Waals surface area contributed by atoms with Gasteiger partial charge in [-0.2, -0.15) is 0 Å². The fourth-order valence-corrected chi connectivity index (χ4v) is 3.30. The molecule has 1 saturated heterocycles. The highest BCUT2D eigenvalue weighted by Gasteiger charge is 2.26. The maximum Gasteiger partial charge on any atom is 0.145 e. The molecule has 0 unspecified atom stereocenters. The van der Waals surface area contributed by atoms with Gasteiger partial charge in [-0.3, -0.25) is 4.90 Å². The molecule has 0 N–H and O–H groups in total. The second-order valence-corrected chi connectivity index (χ2v) is 6.67. The average molecular weight is 332 g/mol. The third kappa shape index (κ3) is 4.63. The van der Waals surface area contributed by atoms with Crippen LogP contribution >= 0.6 is 0 Å². The van der Waals surface area contributed by atoms with E-state index in [2.05, 4.69) is 17.0 Å². The van der Waals surface area contributed by atoms with Crippen LogP contribution in [0.4, 0.5) is 0 Å². The van der Waals surface area contributed by atoms with Gasteiger partial charge in [-0.1, -0.05) is 12.1 Å². The Labute approximate surface area is 144 Å². The molecule has 132 valence electrons. The normalized spacial score (nSPS) is 22.1. The Morgan fingerprint density at radius 2 is 1.88 bits per heavy atom. The lowest BCUT2D eigenvalue weighted by Crippen LogP contribution is -2.40. The summed E-state index contributed by atoms with van der Waals surface area (Å²) in [7, 11) is 1.68. The Balaban J connectivity index is 1.34. The van der Waals surface area contributed by atoms with E-state index in [0.717, 1.165) is 50.6 Å². The second-order valence-electron chi connectivity index (χ2n) is 6.67. The van der Waals surface area contributed by atoms with Crippen molar-refractivity contribution >= 4 is 5.71 Å². The maximum atomic E-state index is 5.93. The van der Waals surface area contributed by atoms with Gasteiger partial charge in [0.05, 0.1) is 19.4 Å². The number of nitrogens with zero attached hydrogens (tertiary/aromatic N) is 2. The van der Waals surface area contributed by atoms with Crippen LogP contribution in [0.5, 0.6) is 11.5 Å². The fourth-order valence-electron chi connectivity index (χ4n) is 3.30. The van der Waals surface area contributed by atoms with Gasteiger partial charge in [-0.05, 0) is 62.5 Å². The summed E-state index contributed by atoms with van der Waals surface area (Å²) in [6.07, 6.45) is 4.62. The zero-order valence-electron chi connectivity index (χ0n) is 14.7. The van der Waals surface area contributed by atoms with E-state index in [1.807, 2.05) is 24.3 Å². The summed E-state index contributed by atoms with van der Waals surface area (Å²) in [4.78, 5) is 8.02. The predicted molar refractivity (Wildman–Crippen MR) is 94.9 cm³/mol. The molecule has 1 aromatic carbocycles. The van der Waals surface area contributed by atoms with Crippen LogP contribution in [0.25, 0.3) is 0 Å². The smallest absolute Gasteiger partial charge is 0.145 e. The van der Waals surface area contributed by atoms with Crippen LogP contribution in [0.1, 0.15) is 32.6 Å². The number of likely N-dealkylation sites (tertiary alicyclic amines) is 1. The van der Waals surface area contributed by atoms with Crippen LogP contribution < -0.4 is 9.47 Å². The molecule has 0 spiro atoms. The zero-order valence-corrected chi connectivity index (χ0v) is 14.7. The van der Waals surface area contributed by atoms with Gasteiger partial charge in [0.25, 0.3) is 0 Å². The number of oxime groups is 1. The molecular weight excluding hydrogens is 304 g/mol. The molecule has 0 saturated carbocycles. The fraction of sp³-hybridized carbons (Fsp3) is 0.632. The molecule has 0 amide bonds. The van der Waals surface area contributed by atoms with Crippen molar-refractivity contribution in [3.63, 3.8) is 0 Å². The van der Waals surface area contributed by atoms with Gasteiger partial charge in [0.1, 0.15) is 17.6 Å². The Morgan fingerprint density at radius 1 is 1.17 bits per heavy atom. The molecule has 3 rings (SSSR count). The molecule has 5 heteroatoms. The Morgan fingerprint density at radius 3 is 2.50 bits per heavy atom. The summed E-state index contributed by atoms with van der Waals surface area (Å²) in [5, 5.41) is 4.15. The van der Waals surface area contributed by atoms with E-state index in [0.29, 0.717) is 5.92 Å². The predicted octanol–water partition coefficient (Wildman–Crippen LogP) is 3.34. The first kappa shape index (κ1) is 17.1. The standard InChI is InChI=1S/C19H28N2O3/c1-3-16-12-19(24-20-16)13-21-10-8-15(9-11-21)14-23-18-6-4-17(22-2)5-7-18/h4-7,15,19H,3,8-14H2,1-2H3/t19-/m1/s1. The van der Waals surface area contributed by atoms with Gasteiger partial charge >= 0.3 is 0 Å². The van der Waals surface area contributed by atoms with Crippen molar-refractivity contribution < 1.29 is 14.3 Å². The molecule has 1 fully saturated rings. The van der Waals surface area contributed by atoms with Crippen LogP contribution in [0.2, 0.25) is 0 Å². The third-order valence-corrected chi connectivity index (χ3v) is 4.92. The summed E-state index contributed by atoms with van der Waals surface area (Å²) in [6, 6.07) is 7.81. The maximum absolute atomic E-state index is 5.93. The molecule has 1 aromatic rings. The summed E-state index contributed by atoms with van der Waals surface area (Å²) in [6.45, 7) is 6.18. The summed E-state index contributed by atoms with van der Waals surface area (Å²) >= 11 is 0. The van der Waals surface area contributed by atoms with E-state index in [-0.39, 0.29) is 6.10 Å². The summed E-state index contributed by atoms with van der Waals surface area (Å²) < 4.78 is 11.1. The molecule has 2 aliphatic heterocycles. The van der Waals surface area contributed by atoms with Gasteiger partial charge in [-0.25, -0.2) is 0 Å². The SMILES string of the molecule is CCC1=NO[C@@H](CN2CCC(COc3ccc(OC)cc3)CC2)C1. The number of rotatable bonds is 7. The highest BCUT2D eigenvalue weighted by molar-refractivity contribution is 5.85. The molecule has 2 aliphatic rings. The summed E-state index contributed by atoms with van der Waals surface area (Å²) in [5.41, 5.74) is 1.20. The molecule has 24 heavy (non-hydrogen) atoms. The monoisotopic (exact) mass is 332 g/mol. The van der Waals surface area contributed by atoms with Crippen molar-refractivity contribution in [2.45, 2.75) is 38.7 Å². The van der Waals surface area contributed by atoms with Crippen molar-refractivity contribution in [2.75, 3.05) is 33.4 Å². The van der Waals surface area contributed by atoms with Crippen molar-refractivity contribution in [1.29, 1.82) is 0 Å². The van der Waals surface area contributed by atoms with Crippen molar-refractivity contribution in [1.82, 2.24) is 4.90 Å². The Bertz CT molecular complexity index is 536. The second kappa shape index (κ2) is 8.38. The minimum atomic E-state index is 0.257. The highest BCUT2D eigenvalue weighted by Crippen LogP contribution is 2.22. The minimum absolute atomic E-state index is 0.257. The first-order valence-corrected chi connectivity index (χ1v) is 8.97. The molecule has 5 nitrogen and oxygen atoms in total. The number of hydrogen-bond donors (Lipinski definition) is 0. The van der Waals surface area contributed by atoms with Gasteiger partial charge in [0.15, 0.2) is 0 Å². The first-order valence-electron chi connectivity index (χ1n) is 8.97. The van der Waals surface area contributed by atoms with Crippen LogP contribution in [0.15, 0.2) is 29.4 Å². The zero-order chi connectivity index (χ0) is 16.8. The lowest BCUT2D eigenvalue weighted by molar-refractivity contribution is 0.0384. The molecule has 2 heterocycles.